The molecule has 0 aliphatic heterocycles. The summed E-state index contributed by atoms with van der Waals surface area (Å²) in [5.41, 5.74) is -3.09. The number of nitrogens with one attached hydrogen (secondary N) is 2. The average Bonchev–Trinajstić information content (AvgIpc) is 2.98. The van der Waals surface area contributed by atoms with Crippen molar-refractivity contribution >= 4 is 17.8 Å². The maximum Gasteiger partial charge on any atom is 0.471 e. The third-order valence-electron chi connectivity index (χ3n) is 2.72. The van der Waals surface area contributed by atoms with E-state index in [0.29, 0.717) is 0 Å². The van der Waals surface area contributed by atoms with Crippen LogP contribution in [0.2, 0.25) is 0 Å². The predicted molar refractivity (Wildman–Crippen MR) is 69.9 cm³/mol. The van der Waals surface area contributed by atoms with Gasteiger partial charge in [-0.3, -0.25) is 4.79 Å². The number of carbonyl (C=O) groups is 3. The van der Waals surface area contributed by atoms with E-state index in [2.05, 4.69) is 14.5 Å². The van der Waals surface area contributed by atoms with Gasteiger partial charge in [0.15, 0.2) is 0 Å². The Morgan fingerprint density at radius 2 is 1.65 bits per heavy atom. The number of amides is 1. The van der Waals surface area contributed by atoms with Gasteiger partial charge in [0.25, 0.3) is 5.54 Å². The second kappa shape index (κ2) is 7.16. The highest BCUT2D eigenvalue weighted by molar-refractivity contribution is 6.08. The van der Waals surface area contributed by atoms with Gasteiger partial charge in [-0.1, -0.05) is 0 Å². The topological polar surface area (TPSA) is 97.5 Å². The van der Waals surface area contributed by atoms with Crippen LogP contribution in [0.5, 0.6) is 0 Å². The van der Waals surface area contributed by atoms with Crippen molar-refractivity contribution < 1.29 is 37.0 Å². The summed E-state index contributed by atoms with van der Waals surface area (Å²) in [5, 5.41) is 1.40. The van der Waals surface area contributed by atoms with Gasteiger partial charge in [0.05, 0.1) is 18.9 Å². The first-order chi connectivity index (χ1) is 10.7. The smallest absolute Gasteiger partial charge is 0.463 e. The van der Waals surface area contributed by atoms with Crippen LogP contribution in [-0.2, 0) is 29.4 Å². The van der Waals surface area contributed by atoms with Crippen LogP contribution in [-0.4, -0.2) is 42.2 Å². The summed E-state index contributed by atoms with van der Waals surface area (Å²) in [4.78, 5) is 38.2. The number of ether oxygens (including phenoxy) is 2. The number of hydrogen-bond donors (Lipinski definition) is 2. The van der Waals surface area contributed by atoms with Crippen molar-refractivity contribution in [2.24, 2.45) is 0 Å². The highest BCUT2D eigenvalue weighted by Crippen LogP contribution is 2.26. The van der Waals surface area contributed by atoms with Gasteiger partial charge in [-0.05, 0) is 26.0 Å². The molecule has 1 amide bonds. The summed E-state index contributed by atoms with van der Waals surface area (Å²) in [6, 6.07) is 2.49. The monoisotopic (exact) mass is 336 g/mol. The molecule has 23 heavy (non-hydrogen) atoms. The molecule has 0 saturated heterocycles. The highest BCUT2D eigenvalue weighted by Gasteiger charge is 2.56. The van der Waals surface area contributed by atoms with Crippen molar-refractivity contribution in [1.82, 2.24) is 10.3 Å². The summed E-state index contributed by atoms with van der Waals surface area (Å²) in [6.07, 6.45) is -4.04. The molecular formula is C13H15F3N2O5. The van der Waals surface area contributed by atoms with Crippen LogP contribution in [0.3, 0.4) is 0 Å². The molecule has 0 aliphatic carbocycles. The van der Waals surface area contributed by atoms with Crippen molar-refractivity contribution in [2.75, 3.05) is 13.2 Å². The zero-order valence-corrected chi connectivity index (χ0v) is 12.3. The lowest BCUT2D eigenvalue weighted by molar-refractivity contribution is -0.183. The first-order valence-electron chi connectivity index (χ1n) is 6.57. The molecule has 10 heteroatoms. The van der Waals surface area contributed by atoms with E-state index < -0.39 is 29.6 Å². The Kier molecular flexibility index (Phi) is 5.77. The average molecular weight is 336 g/mol. The van der Waals surface area contributed by atoms with E-state index in [1.165, 1.54) is 31.4 Å². The van der Waals surface area contributed by atoms with Crippen LogP contribution in [0, 0.1) is 0 Å². The van der Waals surface area contributed by atoms with E-state index in [9.17, 15) is 27.6 Å². The molecule has 0 unspecified atom stereocenters. The number of aromatic nitrogens is 1. The van der Waals surface area contributed by atoms with E-state index in [0.717, 1.165) is 6.07 Å². The van der Waals surface area contributed by atoms with Crippen molar-refractivity contribution in [3.63, 3.8) is 0 Å². The van der Waals surface area contributed by atoms with Gasteiger partial charge in [0.1, 0.15) is 0 Å². The van der Waals surface area contributed by atoms with E-state index in [1.54, 1.807) is 0 Å². The van der Waals surface area contributed by atoms with Crippen LogP contribution < -0.4 is 5.32 Å². The first kappa shape index (κ1) is 18.5. The number of rotatable bonds is 6. The van der Waals surface area contributed by atoms with Crippen molar-refractivity contribution in [3.8, 4) is 0 Å². The van der Waals surface area contributed by atoms with Gasteiger partial charge in [-0.2, -0.15) is 13.2 Å². The Balaban J connectivity index is 3.43. The summed E-state index contributed by atoms with van der Waals surface area (Å²) in [7, 11) is 0. The fourth-order valence-corrected chi connectivity index (χ4v) is 1.76. The minimum Gasteiger partial charge on any atom is -0.463 e. The van der Waals surface area contributed by atoms with Crippen LogP contribution in [0.1, 0.15) is 19.5 Å². The molecule has 0 spiro atoms. The molecule has 128 valence electrons. The molecule has 0 bridgehead atoms. The fourth-order valence-electron chi connectivity index (χ4n) is 1.76. The Hall–Kier alpha value is -2.52. The molecule has 1 rings (SSSR count). The summed E-state index contributed by atoms with van der Waals surface area (Å²) in [6.45, 7) is 2.35. The lowest BCUT2D eigenvalue weighted by Crippen LogP contribution is -2.61. The number of aromatic amines is 1. The minimum absolute atomic E-state index is 0.220. The molecule has 0 aromatic carbocycles. The largest absolute Gasteiger partial charge is 0.471 e. The van der Waals surface area contributed by atoms with Gasteiger partial charge in [-0.15, -0.1) is 0 Å². The van der Waals surface area contributed by atoms with Crippen LogP contribution in [0.25, 0.3) is 0 Å². The fraction of sp³-hybridized carbons (Fsp3) is 0.462. The SMILES string of the molecule is CCOC(=O)C(NC(=O)C(F)(F)F)(C(=O)OCC)c1ccc[nH]1. The standard InChI is InChI=1S/C13H15F3N2O5/c1-3-22-10(20)12(11(21)23-4-2,8-6-5-7-17-8)18-9(19)13(14,15)16/h5-7,17H,3-4H2,1-2H3,(H,18,19). The molecule has 1 aromatic heterocycles. The Labute approximate surface area is 129 Å². The zero-order valence-electron chi connectivity index (χ0n) is 12.3. The molecule has 2 N–H and O–H groups in total. The van der Waals surface area contributed by atoms with E-state index in [-0.39, 0.29) is 18.9 Å². The van der Waals surface area contributed by atoms with Gasteiger partial charge in [0.2, 0.25) is 0 Å². The third-order valence-corrected chi connectivity index (χ3v) is 2.72. The van der Waals surface area contributed by atoms with Crippen molar-refractivity contribution in [3.05, 3.63) is 24.0 Å². The molecule has 0 saturated carbocycles. The number of halogens is 3. The second-order valence-corrected chi connectivity index (χ2v) is 4.23. The third kappa shape index (κ3) is 3.82. The lowest BCUT2D eigenvalue weighted by atomic mass is 9.95. The van der Waals surface area contributed by atoms with Gasteiger partial charge in [0, 0.05) is 6.20 Å². The van der Waals surface area contributed by atoms with E-state index in [1.807, 2.05) is 0 Å². The number of esters is 2. The van der Waals surface area contributed by atoms with Crippen LogP contribution >= 0.6 is 0 Å². The van der Waals surface area contributed by atoms with Gasteiger partial charge < -0.3 is 19.8 Å². The Morgan fingerprint density at radius 3 is 2.00 bits per heavy atom. The molecular weight excluding hydrogens is 321 g/mol. The summed E-state index contributed by atoms with van der Waals surface area (Å²) >= 11 is 0. The maximum atomic E-state index is 12.6. The number of alkyl halides is 3. The lowest BCUT2D eigenvalue weighted by Gasteiger charge is -2.29. The Bertz CT molecular complexity index is 551. The summed E-state index contributed by atoms with van der Waals surface area (Å²) in [5.74, 6) is -5.26. The molecule has 0 fully saturated rings. The first-order valence-corrected chi connectivity index (χ1v) is 6.57. The normalized spacial score (nSPS) is 11.7. The zero-order chi connectivity index (χ0) is 17.7. The molecule has 0 atom stereocenters. The van der Waals surface area contributed by atoms with Gasteiger partial charge >= 0.3 is 24.0 Å². The molecule has 0 aliphatic rings. The molecule has 1 aromatic rings. The quantitative estimate of drug-likeness (QED) is 0.597. The van der Waals surface area contributed by atoms with E-state index >= 15 is 0 Å². The molecule has 1 heterocycles. The van der Waals surface area contributed by atoms with Crippen molar-refractivity contribution in [2.45, 2.75) is 25.6 Å². The van der Waals surface area contributed by atoms with Crippen LogP contribution in [0.4, 0.5) is 13.2 Å². The van der Waals surface area contributed by atoms with Crippen LogP contribution in [0.15, 0.2) is 18.3 Å². The maximum absolute atomic E-state index is 12.6. The second-order valence-electron chi connectivity index (χ2n) is 4.23. The number of carbonyl (C=O) groups excluding carboxylic acids is 3. The van der Waals surface area contributed by atoms with Crippen molar-refractivity contribution in [1.29, 1.82) is 0 Å². The molecule has 0 radical (unpaired) electrons. The molecule has 7 nitrogen and oxygen atoms in total. The Morgan fingerprint density at radius 1 is 1.13 bits per heavy atom. The number of H-pyrrole nitrogens is 1. The van der Waals surface area contributed by atoms with E-state index in [4.69, 9.17) is 0 Å². The van der Waals surface area contributed by atoms with Gasteiger partial charge in [-0.25, -0.2) is 9.59 Å². The summed E-state index contributed by atoms with van der Waals surface area (Å²) < 4.78 is 47.1. The minimum atomic E-state index is -5.31. The number of hydrogen-bond acceptors (Lipinski definition) is 5. The highest BCUT2D eigenvalue weighted by atomic mass is 19.4. The predicted octanol–water partition coefficient (Wildman–Crippen LogP) is 1.01.